The molecule has 0 aliphatic heterocycles. The first-order valence-electron chi connectivity index (χ1n) is 11.8. The fraction of sp³-hybridized carbons (Fsp3) is 0.480. The minimum Gasteiger partial charge on any atom is -0.497 e. The number of hydrogen-bond donors (Lipinski definition) is 4. The molecule has 1 aromatic heterocycles. The van der Waals surface area contributed by atoms with Gasteiger partial charge in [0.1, 0.15) is 22.9 Å². The number of alkyl carbamates (subject to hydrolysis) is 1. The minimum atomic E-state index is -0.840. The first kappa shape index (κ1) is 26.8. The molecular formula is C25H34FN5O5. The van der Waals surface area contributed by atoms with Crippen molar-refractivity contribution in [1.29, 1.82) is 0 Å². The normalized spacial score (nSPS) is 17.6. The highest BCUT2D eigenvalue weighted by atomic mass is 19.1. The van der Waals surface area contributed by atoms with Gasteiger partial charge in [-0.1, -0.05) is 12.8 Å². The topological polar surface area (TPSA) is 137 Å². The smallest absolute Gasteiger partial charge is 0.407 e. The Balaban J connectivity index is 1.88. The van der Waals surface area contributed by atoms with Gasteiger partial charge < -0.3 is 35.9 Å². The summed E-state index contributed by atoms with van der Waals surface area (Å²) in [4.78, 5) is 28.7. The number of pyridine rings is 1. The number of rotatable bonds is 8. The highest BCUT2D eigenvalue weighted by Crippen LogP contribution is 2.31. The number of primary amides is 1. The Bertz CT molecular complexity index is 1080. The molecular weight excluding hydrogens is 469 g/mol. The summed E-state index contributed by atoms with van der Waals surface area (Å²) >= 11 is 0. The molecule has 1 aromatic carbocycles. The second-order valence-electron chi connectivity index (χ2n) is 9.59. The molecule has 36 heavy (non-hydrogen) atoms. The number of nitrogens with zero attached hydrogens (tertiary/aromatic N) is 1. The van der Waals surface area contributed by atoms with E-state index in [1.54, 1.807) is 39.0 Å². The minimum absolute atomic E-state index is 0.0640. The highest BCUT2D eigenvalue weighted by molar-refractivity contribution is 5.98. The van der Waals surface area contributed by atoms with Gasteiger partial charge in [-0.3, -0.25) is 4.79 Å². The molecule has 0 bridgehead atoms. The zero-order valence-corrected chi connectivity index (χ0v) is 21.2. The van der Waals surface area contributed by atoms with Gasteiger partial charge in [-0.2, -0.15) is 0 Å². The molecule has 1 heterocycles. The molecule has 2 aromatic rings. The highest BCUT2D eigenvalue weighted by Gasteiger charge is 2.30. The molecule has 1 fully saturated rings. The van der Waals surface area contributed by atoms with E-state index in [-0.39, 0.29) is 29.3 Å². The SMILES string of the molecule is COc1cc(Nc2nc(NC3CCCCC3NC(=O)OC(C)(C)C)c(F)cc2C(N)=O)cc(OC)c1. The van der Waals surface area contributed by atoms with Crippen molar-refractivity contribution >= 4 is 29.3 Å². The van der Waals surface area contributed by atoms with Crippen LogP contribution in [0.2, 0.25) is 0 Å². The van der Waals surface area contributed by atoms with Crippen LogP contribution in [0.5, 0.6) is 11.5 Å². The molecule has 10 nitrogen and oxygen atoms in total. The lowest BCUT2D eigenvalue weighted by atomic mass is 9.90. The van der Waals surface area contributed by atoms with Gasteiger partial charge >= 0.3 is 6.09 Å². The van der Waals surface area contributed by atoms with Crippen molar-refractivity contribution in [3.05, 3.63) is 35.6 Å². The van der Waals surface area contributed by atoms with Crippen LogP contribution < -0.4 is 31.2 Å². The third-order valence-corrected chi connectivity index (χ3v) is 5.65. The monoisotopic (exact) mass is 503 g/mol. The van der Waals surface area contributed by atoms with E-state index in [0.29, 0.717) is 30.0 Å². The summed E-state index contributed by atoms with van der Waals surface area (Å²) in [5.41, 5.74) is 5.24. The van der Waals surface area contributed by atoms with Crippen LogP contribution in [-0.4, -0.2) is 48.9 Å². The van der Waals surface area contributed by atoms with Crippen LogP contribution in [0, 0.1) is 5.82 Å². The lowest BCUT2D eigenvalue weighted by Crippen LogP contribution is -2.50. The van der Waals surface area contributed by atoms with E-state index in [1.165, 1.54) is 14.2 Å². The number of carbonyl (C=O) groups excluding carboxylic acids is 2. The quantitative estimate of drug-likeness (QED) is 0.418. The van der Waals surface area contributed by atoms with Crippen molar-refractivity contribution in [3.63, 3.8) is 0 Å². The van der Waals surface area contributed by atoms with Gasteiger partial charge in [0.25, 0.3) is 5.91 Å². The van der Waals surface area contributed by atoms with Crippen LogP contribution in [0.15, 0.2) is 24.3 Å². The second kappa shape index (κ2) is 11.3. The Hall–Kier alpha value is -3.76. The molecule has 2 amide bonds. The number of nitrogens with one attached hydrogen (secondary N) is 3. The van der Waals surface area contributed by atoms with E-state index in [2.05, 4.69) is 20.9 Å². The van der Waals surface area contributed by atoms with Crippen molar-refractivity contribution in [2.24, 2.45) is 5.73 Å². The van der Waals surface area contributed by atoms with Gasteiger partial charge in [0, 0.05) is 29.9 Å². The third kappa shape index (κ3) is 7.12. The summed E-state index contributed by atoms with van der Waals surface area (Å²) in [6, 6.07) is 5.49. The average Bonchev–Trinajstić information content (AvgIpc) is 2.80. The number of benzene rings is 1. The maximum Gasteiger partial charge on any atom is 0.407 e. The average molecular weight is 504 g/mol. The fourth-order valence-electron chi connectivity index (χ4n) is 4.00. The maximum atomic E-state index is 15.0. The molecule has 2 unspecified atom stereocenters. The summed E-state index contributed by atoms with van der Waals surface area (Å²) in [7, 11) is 3.02. The lowest BCUT2D eigenvalue weighted by molar-refractivity contribution is 0.0488. The Labute approximate surface area is 210 Å². The van der Waals surface area contributed by atoms with Crippen LogP contribution in [0.25, 0.3) is 0 Å². The van der Waals surface area contributed by atoms with Crippen molar-refractivity contribution in [2.75, 3.05) is 24.9 Å². The summed E-state index contributed by atoms with van der Waals surface area (Å²) < 4.78 is 31.0. The van der Waals surface area contributed by atoms with E-state index in [9.17, 15) is 9.59 Å². The van der Waals surface area contributed by atoms with E-state index < -0.39 is 23.4 Å². The van der Waals surface area contributed by atoms with Gasteiger partial charge in [-0.15, -0.1) is 0 Å². The van der Waals surface area contributed by atoms with Crippen LogP contribution in [-0.2, 0) is 4.74 Å². The molecule has 0 radical (unpaired) electrons. The third-order valence-electron chi connectivity index (χ3n) is 5.65. The van der Waals surface area contributed by atoms with E-state index in [1.807, 2.05) is 0 Å². The first-order chi connectivity index (χ1) is 17.0. The standard InChI is InChI=1S/C25H34FN5O5/c1-25(2,3)36-24(33)30-20-9-7-6-8-19(20)29-23-18(26)13-17(21(27)32)22(31-23)28-14-10-15(34-4)12-16(11-14)35-5/h10-13,19-20H,6-9H2,1-5H3,(H2,27,32)(H,30,33)(H2,28,29,31). The number of anilines is 3. The Morgan fingerprint density at radius 1 is 1.00 bits per heavy atom. The summed E-state index contributed by atoms with van der Waals surface area (Å²) in [5.74, 6) is -0.562. The van der Waals surface area contributed by atoms with Gasteiger partial charge in [0.15, 0.2) is 11.6 Å². The van der Waals surface area contributed by atoms with Crippen molar-refractivity contribution < 1.29 is 28.2 Å². The molecule has 1 saturated carbocycles. The largest absolute Gasteiger partial charge is 0.497 e. The van der Waals surface area contributed by atoms with E-state index in [4.69, 9.17) is 19.9 Å². The predicted molar refractivity (Wildman–Crippen MR) is 135 cm³/mol. The first-order valence-corrected chi connectivity index (χ1v) is 11.8. The fourth-order valence-corrected chi connectivity index (χ4v) is 4.00. The zero-order valence-electron chi connectivity index (χ0n) is 21.2. The van der Waals surface area contributed by atoms with Crippen LogP contribution in [0.1, 0.15) is 56.8 Å². The lowest BCUT2D eigenvalue weighted by Gasteiger charge is -2.34. The second-order valence-corrected chi connectivity index (χ2v) is 9.59. The molecule has 3 rings (SSSR count). The number of amides is 2. The van der Waals surface area contributed by atoms with Crippen molar-refractivity contribution in [1.82, 2.24) is 10.3 Å². The molecule has 5 N–H and O–H groups in total. The Morgan fingerprint density at radius 2 is 1.61 bits per heavy atom. The van der Waals surface area contributed by atoms with Crippen LogP contribution in [0.4, 0.5) is 26.5 Å². The number of carbonyl (C=O) groups is 2. The van der Waals surface area contributed by atoms with Gasteiger partial charge in [-0.05, 0) is 39.7 Å². The molecule has 196 valence electrons. The zero-order chi connectivity index (χ0) is 26.5. The molecule has 1 aliphatic carbocycles. The summed E-state index contributed by atoms with van der Waals surface area (Å²) in [5, 5.41) is 9.00. The number of hydrogen-bond acceptors (Lipinski definition) is 8. The van der Waals surface area contributed by atoms with Gasteiger partial charge in [0.05, 0.1) is 25.8 Å². The van der Waals surface area contributed by atoms with Crippen LogP contribution >= 0.6 is 0 Å². The van der Waals surface area contributed by atoms with Gasteiger partial charge in [0.2, 0.25) is 0 Å². The Kier molecular flexibility index (Phi) is 8.44. The van der Waals surface area contributed by atoms with Crippen molar-refractivity contribution in [2.45, 2.75) is 64.1 Å². The maximum absolute atomic E-state index is 15.0. The predicted octanol–water partition coefficient (Wildman–Crippen LogP) is 4.33. The molecule has 0 spiro atoms. The van der Waals surface area contributed by atoms with Crippen LogP contribution in [0.3, 0.4) is 0 Å². The number of aromatic nitrogens is 1. The Morgan fingerprint density at radius 3 is 2.17 bits per heavy atom. The molecule has 1 aliphatic rings. The number of methoxy groups -OCH3 is 2. The summed E-state index contributed by atoms with van der Waals surface area (Å²) in [6.07, 6.45) is 2.68. The number of halogens is 1. The van der Waals surface area contributed by atoms with Crippen molar-refractivity contribution in [3.8, 4) is 11.5 Å². The van der Waals surface area contributed by atoms with E-state index >= 15 is 4.39 Å². The molecule has 0 saturated heterocycles. The number of ether oxygens (including phenoxy) is 3. The number of nitrogens with two attached hydrogens (primary N) is 1. The van der Waals surface area contributed by atoms with Gasteiger partial charge in [-0.25, -0.2) is 14.2 Å². The molecule has 11 heteroatoms. The molecule has 2 atom stereocenters. The summed E-state index contributed by atoms with van der Waals surface area (Å²) in [6.45, 7) is 5.36. The van der Waals surface area contributed by atoms with E-state index in [0.717, 1.165) is 18.9 Å².